The van der Waals surface area contributed by atoms with Crippen LogP contribution in [-0.4, -0.2) is 0 Å². The Balaban J connectivity index is 3.53. The van der Waals surface area contributed by atoms with Crippen molar-refractivity contribution in [3.63, 3.8) is 0 Å². The molecule has 0 aromatic heterocycles. The SMILES string of the molecule is CCC=CC(C)=CN. The fraction of sp³-hybridized carbons (Fsp3) is 0.429. The first-order chi connectivity index (χ1) is 3.81. The average Bonchev–Trinajstić information content (AvgIpc) is 1.83. The molecule has 0 bridgehead atoms. The van der Waals surface area contributed by atoms with E-state index in [0.29, 0.717) is 0 Å². The fourth-order valence-corrected chi connectivity index (χ4v) is 0.359. The standard InChI is InChI=1S/C7H13N/c1-3-4-5-7(2)6-8/h4-6H,3,8H2,1-2H3. The smallest absolute Gasteiger partial charge is 0.00327 e. The molecule has 0 fully saturated rings. The van der Waals surface area contributed by atoms with Crippen molar-refractivity contribution in [3.05, 3.63) is 23.9 Å². The van der Waals surface area contributed by atoms with E-state index < -0.39 is 0 Å². The Labute approximate surface area is 50.9 Å². The highest BCUT2D eigenvalue weighted by Crippen LogP contribution is 1.91. The monoisotopic (exact) mass is 111 g/mol. The van der Waals surface area contributed by atoms with Crippen molar-refractivity contribution in [3.8, 4) is 0 Å². The van der Waals surface area contributed by atoms with E-state index in [0.717, 1.165) is 12.0 Å². The summed E-state index contributed by atoms with van der Waals surface area (Å²) in [6.07, 6.45) is 6.77. The van der Waals surface area contributed by atoms with Crippen LogP contribution in [0, 0.1) is 0 Å². The van der Waals surface area contributed by atoms with Gasteiger partial charge >= 0.3 is 0 Å². The van der Waals surface area contributed by atoms with Crippen LogP contribution in [0.4, 0.5) is 0 Å². The zero-order valence-corrected chi connectivity index (χ0v) is 5.52. The Kier molecular flexibility index (Phi) is 4.04. The molecule has 0 aromatic carbocycles. The molecule has 1 heteroatoms. The molecule has 0 aliphatic carbocycles. The van der Waals surface area contributed by atoms with Gasteiger partial charge in [-0.3, -0.25) is 0 Å². The summed E-state index contributed by atoms with van der Waals surface area (Å²) in [5.74, 6) is 0. The van der Waals surface area contributed by atoms with Crippen molar-refractivity contribution in [2.24, 2.45) is 5.73 Å². The van der Waals surface area contributed by atoms with Crippen LogP contribution in [0.15, 0.2) is 23.9 Å². The lowest BCUT2D eigenvalue weighted by Crippen LogP contribution is -1.79. The molecule has 0 aliphatic heterocycles. The van der Waals surface area contributed by atoms with Crippen LogP contribution in [0.25, 0.3) is 0 Å². The Hall–Kier alpha value is -0.720. The third kappa shape index (κ3) is 3.47. The first-order valence-corrected chi connectivity index (χ1v) is 2.86. The van der Waals surface area contributed by atoms with Crippen molar-refractivity contribution < 1.29 is 0 Å². The van der Waals surface area contributed by atoms with Crippen molar-refractivity contribution in [2.45, 2.75) is 20.3 Å². The van der Waals surface area contributed by atoms with Crippen LogP contribution in [0.2, 0.25) is 0 Å². The van der Waals surface area contributed by atoms with Gasteiger partial charge in [0.2, 0.25) is 0 Å². The Morgan fingerprint density at radius 2 is 2.25 bits per heavy atom. The van der Waals surface area contributed by atoms with Crippen molar-refractivity contribution in [1.29, 1.82) is 0 Å². The average molecular weight is 111 g/mol. The molecular formula is C7H13N. The maximum atomic E-state index is 5.20. The van der Waals surface area contributed by atoms with E-state index in [2.05, 4.69) is 13.0 Å². The molecule has 0 aromatic rings. The molecule has 46 valence electrons. The summed E-state index contributed by atoms with van der Waals surface area (Å²) in [6, 6.07) is 0. The minimum atomic E-state index is 1.07. The molecule has 0 atom stereocenters. The Morgan fingerprint density at radius 3 is 2.62 bits per heavy atom. The number of hydrogen-bond acceptors (Lipinski definition) is 1. The molecule has 1 nitrogen and oxygen atoms in total. The van der Waals surface area contributed by atoms with Gasteiger partial charge in [-0.2, -0.15) is 0 Å². The van der Waals surface area contributed by atoms with Gasteiger partial charge in [0.15, 0.2) is 0 Å². The summed E-state index contributed by atoms with van der Waals surface area (Å²) in [5.41, 5.74) is 6.32. The quantitative estimate of drug-likeness (QED) is 0.540. The molecule has 0 amide bonds. The van der Waals surface area contributed by atoms with Crippen LogP contribution in [0.5, 0.6) is 0 Å². The van der Waals surface area contributed by atoms with Gasteiger partial charge in [0.25, 0.3) is 0 Å². The second kappa shape index (κ2) is 4.44. The van der Waals surface area contributed by atoms with Gasteiger partial charge in [0.05, 0.1) is 0 Å². The summed E-state index contributed by atoms with van der Waals surface area (Å²) in [6.45, 7) is 4.08. The van der Waals surface area contributed by atoms with Crippen LogP contribution in [0.3, 0.4) is 0 Å². The van der Waals surface area contributed by atoms with E-state index in [1.54, 1.807) is 6.20 Å². The van der Waals surface area contributed by atoms with Crippen LogP contribution < -0.4 is 5.73 Å². The van der Waals surface area contributed by atoms with Gasteiger partial charge < -0.3 is 5.73 Å². The normalized spacial score (nSPS) is 13.0. The second-order valence-corrected chi connectivity index (χ2v) is 1.72. The molecule has 0 radical (unpaired) electrons. The van der Waals surface area contributed by atoms with Gasteiger partial charge in [-0.25, -0.2) is 0 Å². The molecule has 0 aliphatic rings. The summed E-state index contributed by atoms with van der Waals surface area (Å²) >= 11 is 0. The van der Waals surface area contributed by atoms with Crippen LogP contribution in [0.1, 0.15) is 20.3 Å². The molecule has 0 unspecified atom stereocenters. The van der Waals surface area contributed by atoms with Gasteiger partial charge in [0, 0.05) is 0 Å². The number of hydrogen-bond donors (Lipinski definition) is 1. The minimum absolute atomic E-state index is 1.07. The summed E-state index contributed by atoms with van der Waals surface area (Å²) in [7, 11) is 0. The van der Waals surface area contributed by atoms with Crippen LogP contribution >= 0.6 is 0 Å². The molecule has 0 saturated carbocycles. The third-order valence-corrected chi connectivity index (χ3v) is 0.879. The maximum absolute atomic E-state index is 5.20. The van der Waals surface area contributed by atoms with Gasteiger partial charge in [-0.1, -0.05) is 19.1 Å². The highest BCUT2D eigenvalue weighted by molar-refractivity contribution is 5.13. The lowest BCUT2D eigenvalue weighted by atomic mass is 10.3. The number of allylic oxidation sites excluding steroid dienone is 3. The molecule has 8 heavy (non-hydrogen) atoms. The van der Waals surface area contributed by atoms with Crippen molar-refractivity contribution >= 4 is 0 Å². The first-order valence-electron chi connectivity index (χ1n) is 2.86. The highest BCUT2D eigenvalue weighted by atomic mass is 14.5. The zero-order chi connectivity index (χ0) is 6.41. The molecular weight excluding hydrogens is 98.1 g/mol. The fourth-order valence-electron chi connectivity index (χ4n) is 0.359. The Morgan fingerprint density at radius 1 is 1.62 bits per heavy atom. The minimum Gasteiger partial charge on any atom is -0.404 e. The number of rotatable bonds is 2. The van der Waals surface area contributed by atoms with Crippen molar-refractivity contribution in [2.75, 3.05) is 0 Å². The van der Waals surface area contributed by atoms with E-state index >= 15 is 0 Å². The second-order valence-electron chi connectivity index (χ2n) is 1.72. The predicted octanol–water partition coefficient (Wildman–Crippen LogP) is 1.82. The lowest BCUT2D eigenvalue weighted by molar-refractivity contribution is 1.21. The summed E-state index contributed by atoms with van der Waals surface area (Å²) in [5, 5.41) is 0. The largest absolute Gasteiger partial charge is 0.404 e. The van der Waals surface area contributed by atoms with Crippen molar-refractivity contribution in [1.82, 2.24) is 0 Å². The zero-order valence-electron chi connectivity index (χ0n) is 5.52. The lowest BCUT2D eigenvalue weighted by Gasteiger charge is -1.84. The Bertz CT molecular complexity index is 101. The molecule has 0 saturated heterocycles. The maximum Gasteiger partial charge on any atom is -0.00327 e. The van der Waals surface area contributed by atoms with Gasteiger partial charge in [0.1, 0.15) is 0 Å². The van der Waals surface area contributed by atoms with Gasteiger partial charge in [-0.15, -0.1) is 0 Å². The van der Waals surface area contributed by atoms with E-state index in [4.69, 9.17) is 5.73 Å². The molecule has 0 spiro atoms. The molecule has 0 rings (SSSR count). The highest BCUT2D eigenvalue weighted by Gasteiger charge is 1.72. The predicted molar refractivity (Wildman–Crippen MR) is 37.4 cm³/mol. The summed E-state index contributed by atoms with van der Waals surface area (Å²) < 4.78 is 0. The van der Waals surface area contributed by atoms with E-state index in [9.17, 15) is 0 Å². The van der Waals surface area contributed by atoms with Gasteiger partial charge in [-0.05, 0) is 25.1 Å². The summed E-state index contributed by atoms with van der Waals surface area (Å²) in [4.78, 5) is 0. The molecule has 2 N–H and O–H groups in total. The first kappa shape index (κ1) is 7.28. The van der Waals surface area contributed by atoms with E-state index in [1.807, 2.05) is 13.0 Å². The number of nitrogens with two attached hydrogens (primary N) is 1. The van der Waals surface area contributed by atoms with E-state index in [-0.39, 0.29) is 0 Å². The topological polar surface area (TPSA) is 26.0 Å². The van der Waals surface area contributed by atoms with E-state index in [1.165, 1.54) is 0 Å². The third-order valence-electron chi connectivity index (χ3n) is 0.879. The molecule has 0 heterocycles. The van der Waals surface area contributed by atoms with Crippen LogP contribution in [-0.2, 0) is 0 Å².